The molecule has 4 aromatic heterocycles. The zero-order chi connectivity index (χ0) is 52.0. The molecule has 19 heteroatoms. The van der Waals surface area contributed by atoms with Crippen molar-refractivity contribution in [2.75, 3.05) is 27.4 Å². The highest BCUT2D eigenvalue weighted by molar-refractivity contribution is 7.12. The van der Waals surface area contributed by atoms with Crippen molar-refractivity contribution in [3.8, 4) is 39.5 Å². The van der Waals surface area contributed by atoms with Crippen molar-refractivity contribution < 1.29 is 42.5 Å². The highest BCUT2D eigenvalue weighted by Gasteiger charge is 2.57. The lowest BCUT2D eigenvalue weighted by Gasteiger charge is -2.40. The van der Waals surface area contributed by atoms with Gasteiger partial charge < -0.3 is 49.3 Å². The zero-order valence-corrected chi connectivity index (χ0v) is 43.9. The standard InChI is InChI=1S/C56H64FN9O8S/c1-28(2)47(62-54(69)71-5)51(67)64-16-7-8-40(64)49-58-27-38(61-49)32-20-36(57)46-42-22-33-19-30(11-13-39(33)66(42)53(74-44(46)24-32)45-14-12-35(75-45)18-29-9-10-29)37-26-59-50(60-37)43-23-34-21-41(34)65(43)52(68)48(63-55(70)72-6)31-15-17-73-56(3,4)25-31/h11-14,19-20,22,24,26-29,31,34,40-41,43,47-48,53H,7-10,15-18,21,23,25H2,1-6H3,(H,58,61)(H,59,60)(H,62,69)(H,63,70)/t31?,34-,40+,41-,43+,47+,48?,53?/m1/s1. The number of hydrogen-bond acceptors (Lipinski definition) is 11. The lowest BCUT2D eigenvalue weighted by Crippen LogP contribution is -2.55. The van der Waals surface area contributed by atoms with Crippen LogP contribution in [-0.2, 0) is 30.2 Å². The van der Waals surface area contributed by atoms with Gasteiger partial charge in [0.15, 0.2) is 0 Å². The number of amides is 4. The molecule has 2 saturated carbocycles. The number of H-pyrrole nitrogens is 2. The van der Waals surface area contributed by atoms with Crippen LogP contribution in [0.1, 0.15) is 119 Å². The summed E-state index contributed by atoms with van der Waals surface area (Å²) in [6.45, 7) is 8.80. The van der Waals surface area contributed by atoms with E-state index in [-0.39, 0.29) is 41.8 Å². The fourth-order valence-corrected chi connectivity index (χ4v) is 13.5. The molecule has 0 spiro atoms. The topological polar surface area (TPSA) is 198 Å². The minimum Gasteiger partial charge on any atom is -0.464 e. The van der Waals surface area contributed by atoms with Crippen molar-refractivity contribution in [3.05, 3.63) is 88.1 Å². The molecular weight excluding hydrogens is 978 g/mol. The summed E-state index contributed by atoms with van der Waals surface area (Å²) in [5, 5.41) is 6.49. The number of ether oxygens (including phenoxy) is 4. The van der Waals surface area contributed by atoms with E-state index in [9.17, 15) is 19.2 Å². The second kappa shape index (κ2) is 19.1. The van der Waals surface area contributed by atoms with Crippen LogP contribution in [0.4, 0.5) is 14.0 Å². The van der Waals surface area contributed by atoms with Gasteiger partial charge in [-0.05, 0) is 138 Å². The van der Waals surface area contributed by atoms with Crippen LogP contribution in [0.3, 0.4) is 0 Å². The Balaban J connectivity index is 0.850. The van der Waals surface area contributed by atoms with Crippen LogP contribution in [0.5, 0.6) is 5.75 Å². The maximum Gasteiger partial charge on any atom is 0.407 e. The zero-order valence-electron chi connectivity index (χ0n) is 43.1. The number of aromatic nitrogens is 5. The van der Waals surface area contributed by atoms with Gasteiger partial charge in [0.1, 0.15) is 35.3 Å². The van der Waals surface area contributed by atoms with E-state index < -0.39 is 41.9 Å². The Morgan fingerprint density at radius 2 is 1.63 bits per heavy atom. The molecule has 4 aliphatic heterocycles. The van der Waals surface area contributed by atoms with Gasteiger partial charge in [-0.25, -0.2) is 23.9 Å². The molecule has 6 aromatic rings. The number of carbonyl (C=O) groups is 4. The summed E-state index contributed by atoms with van der Waals surface area (Å²) < 4.78 is 41.9. The number of hydrogen-bond donors (Lipinski definition) is 4. The number of nitrogens with zero attached hydrogens (tertiary/aromatic N) is 5. The highest BCUT2D eigenvalue weighted by atomic mass is 32.1. The van der Waals surface area contributed by atoms with Crippen LogP contribution >= 0.6 is 11.3 Å². The van der Waals surface area contributed by atoms with E-state index in [1.807, 2.05) is 57.0 Å². The van der Waals surface area contributed by atoms with Gasteiger partial charge in [-0.1, -0.05) is 19.9 Å². The number of carbonyl (C=O) groups excluding carboxylic acids is 4. The minimum atomic E-state index is -0.771. The number of benzene rings is 2. The first-order chi connectivity index (χ1) is 36.1. The van der Waals surface area contributed by atoms with E-state index in [0.717, 1.165) is 52.7 Å². The summed E-state index contributed by atoms with van der Waals surface area (Å²) in [5.74, 6) is 1.67. The van der Waals surface area contributed by atoms with Crippen LogP contribution < -0.4 is 15.4 Å². The number of aromatic amines is 2. The number of fused-ring (bicyclic) bond motifs is 6. The molecule has 0 bridgehead atoms. The summed E-state index contributed by atoms with van der Waals surface area (Å²) in [6, 6.07) is 13.8. The molecule has 3 unspecified atom stereocenters. The van der Waals surface area contributed by atoms with E-state index in [0.29, 0.717) is 84.2 Å². The quantitative estimate of drug-likeness (QED) is 0.0864. The Morgan fingerprint density at radius 3 is 2.36 bits per heavy atom. The summed E-state index contributed by atoms with van der Waals surface area (Å²) >= 11 is 1.73. The highest BCUT2D eigenvalue weighted by Crippen LogP contribution is 2.54. The number of rotatable bonds is 13. The van der Waals surface area contributed by atoms with E-state index in [2.05, 4.69) is 49.4 Å². The first kappa shape index (κ1) is 49.2. The molecule has 0 radical (unpaired) electrons. The summed E-state index contributed by atoms with van der Waals surface area (Å²) in [7, 11) is 2.59. The van der Waals surface area contributed by atoms with Crippen LogP contribution in [0.25, 0.3) is 44.7 Å². The maximum absolute atomic E-state index is 17.1. The number of imidazole rings is 2. The molecule has 394 valence electrons. The van der Waals surface area contributed by atoms with E-state index in [1.165, 1.54) is 38.0 Å². The molecule has 3 saturated heterocycles. The molecular formula is C56H64FN9O8S. The van der Waals surface area contributed by atoms with Gasteiger partial charge in [0.05, 0.1) is 77.3 Å². The Bertz CT molecular complexity index is 3210. The second-order valence-electron chi connectivity index (χ2n) is 22.4. The second-order valence-corrected chi connectivity index (χ2v) is 23.6. The van der Waals surface area contributed by atoms with Gasteiger partial charge in [-0.2, -0.15) is 0 Å². The van der Waals surface area contributed by atoms with Crippen LogP contribution in [0.2, 0.25) is 0 Å². The number of alkyl carbamates (subject to hydrolysis) is 2. The fraction of sp³-hybridized carbons (Fsp3) is 0.500. The lowest BCUT2D eigenvalue weighted by atomic mass is 9.82. The van der Waals surface area contributed by atoms with Crippen molar-refractivity contribution in [2.24, 2.45) is 23.7 Å². The molecule has 17 nitrogen and oxygen atoms in total. The number of halogens is 1. The summed E-state index contributed by atoms with van der Waals surface area (Å²) in [4.78, 5) is 76.1. The monoisotopic (exact) mass is 1040 g/mol. The number of methoxy groups -OCH3 is 2. The van der Waals surface area contributed by atoms with Crippen LogP contribution in [0.15, 0.2) is 60.9 Å². The molecule has 5 fully saturated rings. The van der Waals surface area contributed by atoms with Crippen LogP contribution in [-0.4, -0.2) is 109 Å². The molecule has 75 heavy (non-hydrogen) atoms. The molecule has 8 atom stereocenters. The average molecular weight is 1040 g/mol. The third-order valence-corrected chi connectivity index (χ3v) is 17.5. The predicted molar refractivity (Wildman–Crippen MR) is 278 cm³/mol. The van der Waals surface area contributed by atoms with Gasteiger partial charge in [0, 0.05) is 40.6 Å². The Labute approximate surface area is 438 Å². The Kier molecular flexibility index (Phi) is 12.5. The molecule has 2 aliphatic carbocycles. The number of thiophene rings is 1. The maximum atomic E-state index is 17.1. The molecule has 12 rings (SSSR count). The number of likely N-dealkylation sites (tertiary alicyclic amines) is 2. The van der Waals surface area contributed by atoms with Gasteiger partial charge in [-0.3, -0.25) is 14.2 Å². The Morgan fingerprint density at radius 1 is 0.880 bits per heavy atom. The summed E-state index contributed by atoms with van der Waals surface area (Å²) in [5.41, 5.74) is 4.30. The first-order valence-electron chi connectivity index (χ1n) is 26.5. The van der Waals surface area contributed by atoms with Crippen molar-refractivity contribution in [3.63, 3.8) is 0 Å². The average Bonchev–Trinajstić information content (AvgIpc) is 3.85. The normalized spacial score (nSPS) is 24.3. The third kappa shape index (κ3) is 9.22. The molecule has 4 amide bonds. The van der Waals surface area contributed by atoms with Crippen molar-refractivity contribution in [1.29, 1.82) is 0 Å². The van der Waals surface area contributed by atoms with Crippen molar-refractivity contribution in [2.45, 2.75) is 128 Å². The van der Waals surface area contributed by atoms with Gasteiger partial charge in [0.2, 0.25) is 18.0 Å². The van der Waals surface area contributed by atoms with Gasteiger partial charge >= 0.3 is 12.2 Å². The molecule has 8 heterocycles. The van der Waals surface area contributed by atoms with Crippen molar-refractivity contribution >= 4 is 46.2 Å². The summed E-state index contributed by atoms with van der Waals surface area (Å²) in [6.07, 6.45) is 9.52. The minimum absolute atomic E-state index is 0.0801. The molecule has 4 N–H and O–H groups in total. The smallest absolute Gasteiger partial charge is 0.407 e. The van der Waals surface area contributed by atoms with Crippen molar-refractivity contribution in [1.82, 2.24) is 44.9 Å². The lowest BCUT2D eigenvalue weighted by molar-refractivity contribution is -0.140. The van der Waals surface area contributed by atoms with Gasteiger partial charge in [-0.15, -0.1) is 11.3 Å². The van der Waals surface area contributed by atoms with E-state index in [4.69, 9.17) is 28.9 Å². The van der Waals surface area contributed by atoms with E-state index in [1.54, 1.807) is 22.4 Å². The third-order valence-electron chi connectivity index (χ3n) is 16.4. The van der Waals surface area contributed by atoms with Crippen LogP contribution in [0, 0.1) is 29.5 Å². The van der Waals surface area contributed by atoms with E-state index >= 15 is 4.39 Å². The number of piperidine rings is 1. The predicted octanol–water partition coefficient (Wildman–Crippen LogP) is 9.82. The Hall–Kier alpha value is -6.73. The molecule has 2 aromatic carbocycles. The first-order valence-corrected chi connectivity index (χ1v) is 27.3. The SMILES string of the molecule is COC(=O)NC(C(=O)N1[C@@H]2C[C@@H]2C[C@H]1c1ncc(-c2ccc3c(c2)cc2n3C(c3ccc(CC4CC4)s3)Oc3cc(-c4cnc([C@@H]5CCCN5C(=O)[C@@H](NC(=O)OC)C(C)C)[nH]4)cc(F)c3-2)[nH]1)C1CCOC(C)(C)C1. The number of nitrogens with one attached hydrogen (secondary N) is 4. The fourth-order valence-electron chi connectivity index (χ4n) is 12.3. The van der Waals surface area contributed by atoms with Gasteiger partial charge in [0.25, 0.3) is 0 Å². The largest absolute Gasteiger partial charge is 0.464 e. The molecule has 6 aliphatic rings.